The zero-order chi connectivity index (χ0) is 11.5. The van der Waals surface area contributed by atoms with Crippen LogP contribution in [0.4, 0.5) is 0 Å². The van der Waals surface area contributed by atoms with Gasteiger partial charge in [-0.05, 0) is 59.2 Å². The highest BCUT2D eigenvalue weighted by atomic mass is 35.5. The maximum atomic E-state index is 9.12. The third kappa shape index (κ3) is 2.98. The molecular weight excluding hydrogens is 269 g/mol. The van der Waals surface area contributed by atoms with Crippen LogP contribution in [0.15, 0.2) is 34.3 Å². The van der Waals surface area contributed by atoms with Gasteiger partial charge in [0, 0.05) is 4.90 Å². The fourth-order valence-electron chi connectivity index (χ4n) is 0.974. The Bertz CT molecular complexity index is 486. The molecule has 1 aromatic heterocycles. The number of aromatic hydroxyl groups is 1. The van der Waals surface area contributed by atoms with Crippen molar-refractivity contribution in [1.29, 1.82) is 0 Å². The SMILES string of the molecule is Oc1ccc(Sc2nc(Cl)nc(Cl)n2)cc1. The first kappa shape index (κ1) is 11.4. The molecule has 1 N–H and O–H groups in total. The molecule has 0 saturated heterocycles. The zero-order valence-corrected chi connectivity index (χ0v) is 10.1. The maximum Gasteiger partial charge on any atom is 0.227 e. The molecule has 2 rings (SSSR count). The van der Waals surface area contributed by atoms with Crippen molar-refractivity contribution in [3.63, 3.8) is 0 Å². The molecule has 0 bridgehead atoms. The summed E-state index contributed by atoms with van der Waals surface area (Å²) in [5, 5.41) is 9.64. The Labute approximate surface area is 106 Å². The lowest BCUT2D eigenvalue weighted by atomic mass is 10.3. The lowest BCUT2D eigenvalue weighted by Crippen LogP contribution is -1.91. The van der Waals surface area contributed by atoms with Gasteiger partial charge in [-0.3, -0.25) is 0 Å². The third-order valence-electron chi connectivity index (χ3n) is 1.61. The molecule has 0 saturated carbocycles. The summed E-state index contributed by atoms with van der Waals surface area (Å²) in [5.74, 6) is 0.205. The Balaban J connectivity index is 2.23. The molecule has 0 aliphatic carbocycles. The first-order valence-corrected chi connectivity index (χ1v) is 5.75. The standard InChI is InChI=1S/C9H5Cl2N3OS/c10-7-12-8(11)14-9(13-7)16-6-3-1-5(15)2-4-6/h1-4,15H. The van der Waals surface area contributed by atoms with Crippen LogP contribution in [0.3, 0.4) is 0 Å². The topological polar surface area (TPSA) is 58.9 Å². The molecule has 0 atom stereocenters. The summed E-state index contributed by atoms with van der Waals surface area (Å²) in [6, 6.07) is 6.64. The molecule has 1 heterocycles. The van der Waals surface area contributed by atoms with Gasteiger partial charge < -0.3 is 5.11 Å². The highest BCUT2D eigenvalue weighted by molar-refractivity contribution is 7.99. The van der Waals surface area contributed by atoms with E-state index in [2.05, 4.69) is 15.0 Å². The van der Waals surface area contributed by atoms with Gasteiger partial charge in [-0.1, -0.05) is 0 Å². The van der Waals surface area contributed by atoms with Crippen LogP contribution in [0.5, 0.6) is 5.75 Å². The van der Waals surface area contributed by atoms with E-state index < -0.39 is 0 Å². The number of phenols is 1. The molecule has 4 nitrogen and oxygen atoms in total. The average molecular weight is 274 g/mol. The Morgan fingerprint density at radius 1 is 0.938 bits per heavy atom. The minimum Gasteiger partial charge on any atom is -0.508 e. The van der Waals surface area contributed by atoms with Gasteiger partial charge in [0.1, 0.15) is 5.75 Å². The molecule has 82 valence electrons. The number of benzene rings is 1. The quantitative estimate of drug-likeness (QED) is 0.912. The molecule has 0 aliphatic heterocycles. The first-order valence-electron chi connectivity index (χ1n) is 4.17. The molecule has 0 fully saturated rings. The minimum absolute atomic E-state index is 0.0567. The van der Waals surface area contributed by atoms with Crippen molar-refractivity contribution in [1.82, 2.24) is 15.0 Å². The van der Waals surface area contributed by atoms with Crippen molar-refractivity contribution in [2.75, 3.05) is 0 Å². The van der Waals surface area contributed by atoms with E-state index in [4.69, 9.17) is 28.3 Å². The monoisotopic (exact) mass is 273 g/mol. The molecule has 2 aromatic rings. The number of rotatable bonds is 2. The van der Waals surface area contributed by atoms with Crippen molar-refractivity contribution < 1.29 is 5.11 Å². The maximum absolute atomic E-state index is 9.12. The number of halogens is 2. The van der Waals surface area contributed by atoms with E-state index in [-0.39, 0.29) is 16.3 Å². The summed E-state index contributed by atoms with van der Waals surface area (Å²) in [6.45, 7) is 0. The van der Waals surface area contributed by atoms with E-state index in [0.717, 1.165) is 4.90 Å². The van der Waals surface area contributed by atoms with E-state index in [1.165, 1.54) is 11.8 Å². The molecule has 0 radical (unpaired) electrons. The fraction of sp³-hybridized carbons (Fsp3) is 0. The molecular formula is C9H5Cl2N3OS. The summed E-state index contributed by atoms with van der Waals surface area (Å²) in [4.78, 5) is 12.3. The van der Waals surface area contributed by atoms with Gasteiger partial charge in [0.15, 0.2) is 5.16 Å². The molecule has 0 aliphatic rings. The van der Waals surface area contributed by atoms with Gasteiger partial charge in [0.25, 0.3) is 0 Å². The lowest BCUT2D eigenvalue weighted by Gasteiger charge is -2.00. The normalized spacial score (nSPS) is 10.4. The second kappa shape index (κ2) is 4.86. The Kier molecular flexibility index (Phi) is 3.48. The second-order valence-corrected chi connectivity index (χ2v) is 4.47. The van der Waals surface area contributed by atoms with Crippen molar-refractivity contribution in [3.05, 3.63) is 34.8 Å². The van der Waals surface area contributed by atoms with Gasteiger partial charge >= 0.3 is 0 Å². The van der Waals surface area contributed by atoms with Crippen LogP contribution in [-0.4, -0.2) is 20.1 Å². The number of hydrogen-bond donors (Lipinski definition) is 1. The summed E-state index contributed by atoms with van der Waals surface area (Å²) < 4.78 is 0. The molecule has 0 unspecified atom stereocenters. The van der Waals surface area contributed by atoms with Crippen LogP contribution >= 0.6 is 35.0 Å². The van der Waals surface area contributed by atoms with E-state index >= 15 is 0 Å². The largest absolute Gasteiger partial charge is 0.508 e. The number of aromatic nitrogens is 3. The summed E-state index contributed by atoms with van der Waals surface area (Å²) in [6.07, 6.45) is 0. The minimum atomic E-state index is 0.0567. The van der Waals surface area contributed by atoms with Crippen molar-refractivity contribution >= 4 is 35.0 Å². The van der Waals surface area contributed by atoms with Crippen molar-refractivity contribution in [2.24, 2.45) is 0 Å². The first-order chi connectivity index (χ1) is 7.63. The zero-order valence-electron chi connectivity index (χ0n) is 7.76. The van der Waals surface area contributed by atoms with E-state index in [0.29, 0.717) is 5.16 Å². The van der Waals surface area contributed by atoms with Crippen molar-refractivity contribution in [2.45, 2.75) is 10.1 Å². The number of hydrogen-bond acceptors (Lipinski definition) is 5. The van der Waals surface area contributed by atoms with E-state index in [1.54, 1.807) is 24.3 Å². The second-order valence-electron chi connectivity index (χ2n) is 2.75. The smallest absolute Gasteiger partial charge is 0.227 e. The summed E-state index contributed by atoms with van der Waals surface area (Å²) in [5.41, 5.74) is 0. The van der Waals surface area contributed by atoms with Gasteiger partial charge in [-0.15, -0.1) is 0 Å². The average Bonchev–Trinajstić information content (AvgIpc) is 2.20. The molecule has 7 heteroatoms. The van der Waals surface area contributed by atoms with Gasteiger partial charge in [0.2, 0.25) is 10.6 Å². The number of nitrogens with zero attached hydrogens (tertiary/aromatic N) is 3. The predicted molar refractivity (Wildman–Crippen MR) is 62.1 cm³/mol. The third-order valence-corrected chi connectivity index (χ3v) is 2.82. The van der Waals surface area contributed by atoms with Gasteiger partial charge in [-0.2, -0.15) is 15.0 Å². The highest BCUT2D eigenvalue weighted by Crippen LogP contribution is 2.27. The molecule has 0 amide bonds. The van der Waals surface area contributed by atoms with Crippen LogP contribution in [0.25, 0.3) is 0 Å². The van der Waals surface area contributed by atoms with Gasteiger partial charge in [0.05, 0.1) is 0 Å². The van der Waals surface area contributed by atoms with Crippen molar-refractivity contribution in [3.8, 4) is 5.75 Å². The van der Waals surface area contributed by atoms with E-state index in [9.17, 15) is 0 Å². The van der Waals surface area contributed by atoms with E-state index in [1.807, 2.05) is 0 Å². The summed E-state index contributed by atoms with van der Waals surface area (Å²) in [7, 11) is 0. The highest BCUT2D eigenvalue weighted by Gasteiger charge is 2.05. The van der Waals surface area contributed by atoms with Crippen LogP contribution in [0, 0.1) is 0 Å². The van der Waals surface area contributed by atoms with Crippen LogP contribution < -0.4 is 0 Å². The van der Waals surface area contributed by atoms with Gasteiger partial charge in [-0.25, -0.2) is 0 Å². The van der Waals surface area contributed by atoms with Crippen LogP contribution in [-0.2, 0) is 0 Å². The lowest BCUT2D eigenvalue weighted by molar-refractivity contribution is 0.475. The predicted octanol–water partition coefficient (Wildman–Crippen LogP) is 3.04. The number of phenolic OH excluding ortho intramolecular Hbond substituents is 1. The van der Waals surface area contributed by atoms with Crippen LogP contribution in [0.2, 0.25) is 10.6 Å². The Morgan fingerprint density at radius 2 is 1.50 bits per heavy atom. The molecule has 0 spiro atoms. The fourth-order valence-corrected chi connectivity index (χ4v) is 2.19. The molecule has 1 aromatic carbocycles. The summed E-state index contributed by atoms with van der Waals surface area (Å²) >= 11 is 12.6. The molecule has 16 heavy (non-hydrogen) atoms. The Hall–Kier alpha value is -1.04. The Morgan fingerprint density at radius 3 is 2.06 bits per heavy atom. The van der Waals surface area contributed by atoms with Crippen LogP contribution in [0.1, 0.15) is 0 Å².